The Morgan fingerprint density at radius 2 is 1.80 bits per heavy atom. The molecule has 0 rings (SSSR count). The summed E-state index contributed by atoms with van der Waals surface area (Å²) in [4.78, 5) is 34.2. The topological polar surface area (TPSA) is 95.5 Å². The summed E-state index contributed by atoms with van der Waals surface area (Å²) in [5.41, 5.74) is -0.499. The molecule has 0 aliphatic carbocycles. The Morgan fingerprint density at radius 3 is 2.25 bits per heavy atom. The number of amides is 2. The van der Waals surface area contributed by atoms with E-state index in [0.29, 0.717) is 6.42 Å². The van der Waals surface area contributed by atoms with Crippen LogP contribution in [0.15, 0.2) is 0 Å². The zero-order valence-corrected chi connectivity index (χ0v) is 12.8. The summed E-state index contributed by atoms with van der Waals surface area (Å²) in [6, 6.07) is -0.847. The van der Waals surface area contributed by atoms with Crippen molar-refractivity contribution in [3.05, 3.63) is 0 Å². The Bertz CT molecular complexity index is 348. The lowest BCUT2D eigenvalue weighted by Crippen LogP contribution is -2.42. The van der Waals surface area contributed by atoms with E-state index in [0.717, 1.165) is 12.8 Å². The van der Waals surface area contributed by atoms with Gasteiger partial charge in [-0.3, -0.25) is 9.59 Å². The van der Waals surface area contributed by atoms with Crippen molar-refractivity contribution in [2.24, 2.45) is 5.41 Å². The Balaban J connectivity index is 4.08. The van der Waals surface area contributed by atoms with E-state index in [1.807, 2.05) is 6.92 Å². The van der Waals surface area contributed by atoms with Gasteiger partial charge in [0.2, 0.25) is 11.8 Å². The molecule has 1 atom stereocenters. The SMILES string of the molecule is CCCCC(NC(=O)CCNC(=O)C(C)(C)C)C(=O)O. The van der Waals surface area contributed by atoms with Crippen molar-refractivity contribution < 1.29 is 19.5 Å². The summed E-state index contributed by atoms with van der Waals surface area (Å²) < 4.78 is 0. The molecule has 0 radical (unpaired) electrons. The van der Waals surface area contributed by atoms with Gasteiger partial charge in [0.25, 0.3) is 0 Å². The van der Waals surface area contributed by atoms with E-state index in [1.165, 1.54) is 0 Å². The van der Waals surface area contributed by atoms with Gasteiger partial charge in [-0.1, -0.05) is 40.5 Å². The van der Waals surface area contributed by atoms with Crippen LogP contribution in [0.25, 0.3) is 0 Å². The van der Waals surface area contributed by atoms with Crippen LogP contribution >= 0.6 is 0 Å². The maximum Gasteiger partial charge on any atom is 0.326 e. The summed E-state index contributed by atoms with van der Waals surface area (Å²) in [6.07, 6.45) is 2.13. The van der Waals surface area contributed by atoms with E-state index in [-0.39, 0.29) is 24.8 Å². The molecule has 0 aromatic rings. The molecule has 116 valence electrons. The van der Waals surface area contributed by atoms with Crippen molar-refractivity contribution in [3.63, 3.8) is 0 Å². The second kappa shape index (κ2) is 8.55. The highest BCUT2D eigenvalue weighted by Gasteiger charge is 2.22. The number of carbonyl (C=O) groups excluding carboxylic acids is 2. The van der Waals surface area contributed by atoms with Crippen molar-refractivity contribution in [2.75, 3.05) is 6.54 Å². The number of unbranched alkanes of at least 4 members (excludes halogenated alkanes) is 1. The molecule has 2 amide bonds. The van der Waals surface area contributed by atoms with E-state index >= 15 is 0 Å². The van der Waals surface area contributed by atoms with Crippen LogP contribution in [0.2, 0.25) is 0 Å². The molecule has 0 aliphatic heterocycles. The zero-order valence-electron chi connectivity index (χ0n) is 12.8. The average Bonchev–Trinajstić information content (AvgIpc) is 2.32. The molecule has 0 heterocycles. The van der Waals surface area contributed by atoms with Crippen LogP contribution in [-0.4, -0.2) is 35.5 Å². The number of carboxylic acid groups (broad SMARTS) is 1. The number of rotatable bonds is 8. The molecule has 6 nitrogen and oxygen atoms in total. The smallest absolute Gasteiger partial charge is 0.326 e. The highest BCUT2D eigenvalue weighted by molar-refractivity contribution is 5.84. The number of nitrogens with one attached hydrogen (secondary N) is 2. The first-order chi connectivity index (χ1) is 9.18. The van der Waals surface area contributed by atoms with Crippen LogP contribution in [0.5, 0.6) is 0 Å². The lowest BCUT2D eigenvalue weighted by Gasteiger charge is -2.18. The molecule has 0 bridgehead atoms. The summed E-state index contributed by atoms with van der Waals surface area (Å²) in [6.45, 7) is 7.53. The number of carboxylic acids is 1. The summed E-state index contributed by atoms with van der Waals surface area (Å²) >= 11 is 0. The molecule has 0 aromatic heterocycles. The number of hydrogen-bond donors (Lipinski definition) is 3. The molecule has 20 heavy (non-hydrogen) atoms. The highest BCUT2D eigenvalue weighted by atomic mass is 16.4. The van der Waals surface area contributed by atoms with Gasteiger partial charge in [-0.15, -0.1) is 0 Å². The van der Waals surface area contributed by atoms with E-state index in [9.17, 15) is 14.4 Å². The molecule has 6 heteroatoms. The van der Waals surface area contributed by atoms with Crippen molar-refractivity contribution in [1.29, 1.82) is 0 Å². The Morgan fingerprint density at radius 1 is 1.20 bits per heavy atom. The van der Waals surface area contributed by atoms with Gasteiger partial charge in [-0.05, 0) is 6.42 Å². The molecule has 0 saturated heterocycles. The Labute approximate surface area is 120 Å². The van der Waals surface area contributed by atoms with Crippen molar-refractivity contribution >= 4 is 17.8 Å². The fourth-order valence-corrected chi connectivity index (χ4v) is 1.49. The molecule has 0 aromatic carbocycles. The maximum atomic E-state index is 11.6. The highest BCUT2D eigenvalue weighted by Crippen LogP contribution is 2.12. The van der Waals surface area contributed by atoms with Crippen molar-refractivity contribution in [1.82, 2.24) is 10.6 Å². The molecule has 0 spiro atoms. The van der Waals surface area contributed by atoms with E-state index in [4.69, 9.17) is 5.11 Å². The maximum absolute atomic E-state index is 11.6. The van der Waals surface area contributed by atoms with Crippen LogP contribution in [0.4, 0.5) is 0 Å². The number of carbonyl (C=O) groups is 3. The molecule has 0 saturated carbocycles. The quantitative estimate of drug-likeness (QED) is 0.626. The monoisotopic (exact) mass is 286 g/mol. The van der Waals surface area contributed by atoms with Gasteiger partial charge in [-0.2, -0.15) is 0 Å². The fourth-order valence-electron chi connectivity index (χ4n) is 1.49. The normalized spacial score (nSPS) is 12.6. The number of aliphatic carboxylic acids is 1. The van der Waals surface area contributed by atoms with Crippen LogP contribution in [0.1, 0.15) is 53.4 Å². The van der Waals surface area contributed by atoms with Gasteiger partial charge >= 0.3 is 5.97 Å². The van der Waals surface area contributed by atoms with Gasteiger partial charge in [0.1, 0.15) is 6.04 Å². The van der Waals surface area contributed by atoms with E-state index in [2.05, 4.69) is 10.6 Å². The predicted molar refractivity (Wildman–Crippen MR) is 76.2 cm³/mol. The van der Waals surface area contributed by atoms with Gasteiger partial charge in [0, 0.05) is 18.4 Å². The van der Waals surface area contributed by atoms with Crippen LogP contribution in [0.3, 0.4) is 0 Å². The molecule has 1 unspecified atom stereocenters. The first-order valence-corrected chi connectivity index (χ1v) is 6.99. The third-order valence-corrected chi connectivity index (χ3v) is 2.80. The fraction of sp³-hybridized carbons (Fsp3) is 0.786. The van der Waals surface area contributed by atoms with E-state index < -0.39 is 17.4 Å². The minimum Gasteiger partial charge on any atom is -0.480 e. The zero-order chi connectivity index (χ0) is 15.8. The van der Waals surface area contributed by atoms with Crippen molar-refractivity contribution in [3.8, 4) is 0 Å². The molecular weight excluding hydrogens is 260 g/mol. The minimum atomic E-state index is -1.02. The molecule has 0 fully saturated rings. The predicted octanol–water partition coefficient (Wildman–Crippen LogP) is 1.30. The van der Waals surface area contributed by atoms with Crippen LogP contribution in [-0.2, 0) is 14.4 Å². The molecule has 3 N–H and O–H groups in total. The van der Waals surface area contributed by atoms with Gasteiger partial charge in [0.05, 0.1) is 0 Å². The third kappa shape index (κ3) is 7.76. The Kier molecular flexibility index (Phi) is 7.87. The van der Waals surface area contributed by atoms with Gasteiger partial charge in [0.15, 0.2) is 0 Å². The van der Waals surface area contributed by atoms with Crippen molar-refractivity contribution in [2.45, 2.75) is 59.4 Å². The Hall–Kier alpha value is -1.59. The summed E-state index contributed by atoms with van der Waals surface area (Å²) in [7, 11) is 0. The van der Waals surface area contributed by atoms with Gasteiger partial charge < -0.3 is 15.7 Å². The molecule has 0 aliphatic rings. The largest absolute Gasteiger partial charge is 0.480 e. The first kappa shape index (κ1) is 18.4. The first-order valence-electron chi connectivity index (χ1n) is 6.99. The second-order valence-corrected chi connectivity index (χ2v) is 5.86. The lowest BCUT2D eigenvalue weighted by molar-refractivity contribution is -0.142. The van der Waals surface area contributed by atoms with Crippen LogP contribution < -0.4 is 10.6 Å². The summed E-state index contributed by atoms with van der Waals surface area (Å²) in [5.74, 6) is -1.51. The van der Waals surface area contributed by atoms with Gasteiger partial charge in [-0.25, -0.2) is 4.79 Å². The number of hydrogen-bond acceptors (Lipinski definition) is 3. The second-order valence-electron chi connectivity index (χ2n) is 5.86. The summed E-state index contributed by atoms with van der Waals surface area (Å²) in [5, 5.41) is 14.1. The van der Waals surface area contributed by atoms with Crippen LogP contribution in [0, 0.1) is 5.41 Å². The van der Waals surface area contributed by atoms with E-state index in [1.54, 1.807) is 20.8 Å². The lowest BCUT2D eigenvalue weighted by atomic mass is 9.96. The molecular formula is C14H26N2O4. The third-order valence-electron chi connectivity index (χ3n) is 2.80. The average molecular weight is 286 g/mol. The standard InChI is InChI=1S/C14H26N2O4/c1-5-6-7-10(12(18)19)16-11(17)8-9-15-13(20)14(2,3)4/h10H,5-9H2,1-4H3,(H,15,20)(H,16,17)(H,18,19). The minimum absolute atomic E-state index is 0.0811.